The van der Waals surface area contributed by atoms with Gasteiger partial charge in [0.1, 0.15) is 0 Å². The molecule has 28 heavy (non-hydrogen) atoms. The summed E-state index contributed by atoms with van der Waals surface area (Å²) in [5, 5.41) is 7.05. The number of aryl methyl sites for hydroxylation is 1. The molecule has 3 rings (SSSR count). The number of rotatable bonds is 7. The maximum atomic E-state index is 5.56. The van der Waals surface area contributed by atoms with Crippen molar-refractivity contribution in [1.29, 1.82) is 0 Å². The molecule has 0 radical (unpaired) electrons. The highest BCUT2D eigenvalue weighted by Crippen LogP contribution is 2.21. The number of ether oxygens (including phenoxy) is 1. The summed E-state index contributed by atoms with van der Waals surface area (Å²) in [5.74, 6) is 0.891. The topological polar surface area (TPSA) is 52.1 Å². The van der Waals surface area contributed by atoms with Gasteiger partial charge in [-0.2, -0.15) is 0 Å². The number of guanidine groups is 1. The molecule has 0 aromatic heterocycles. The standard InChI is InChI=1S/C22H37N5O/c1-19-6-8-20(9-7-19)21(27-14-16-28-17-15-27)18-25-22(23-2)24-10-13-26-11-4-3-5-12-26/h6-9,21H,3-5,10-18H2,1-2H3,(H2,23,24,25). The summed E-state index contributed by atoms with van der Waals surface area (Å²) in [6.07, 6.45) is 4.06. The van der Waals surface area contributed by atoms with E-state index in [-0.39, 0.29) is 0 Å². The van der Waals surface area contributed by atoms with E-state index in [1.807, 2.05) is 7.05 Å². The lowest BCUT2D eigenvalue weighted by molar-refractivity contribution is 0.0170. The van der Waals surface area contributed by atoms with E-state index in [4.69, 9.17) is 4.74 Å². The lowest BCUT2D eigenvalue weighted by atomic mass is 10.0. The molecule has 0 aliphatic carbocycles. The Morgan fingerprint density at radius 1 is 1.04 bits per heavy atom. The fourth-order valence-electron chi connectivity index (χ4n) is 4.06. The normalized spacial score (nSPS) is 20.7. The van der Waals surface area contributed by atoms with Gasteiger partial charge in [0.2, 0.25) is 0 Å². The van der Waals surface area contributed by atoms with Crippen molar-refractivity contribution in [3.63, 3.8) is 0 Å². The van der Waals surface area contributed by atoms with E-state index in [1.54, 1.807) is 0 Å². The van der Waals surface area contributed by atoms with Crippen LogP contribution in [0.25, 0.3) is 0 Å². The molecule has 2 aliphatic heterocycles. The molecular weight excluding hydrogens is 350 g/mol. The molecule has 1 aromatic carbocycles. The molecule has 1 aromatic rings. The monoisotopic (exact) mass is 387 g/mol. The van der Waals surface area contributed by atoms with Crippen molar-refractivity contribution in [3.8, 4) is 0 Å². The largest absolute Gasteiger partial charge is 0.379 e. The second kappa shape index (κ2) is 11.4. The van der Waals surface area contributed by atoms with Crippen molar-refractivity contribution in [3.05, 3.63) is 35.4 Å². The lowest BCUT2D eigenvalue weighted by Gasteiger charge is -2.35. The average Bonchev–Trinajstić information content (AvgIpc) is 2.75. The molecule has 1 atom stereocenters. The predicted octanol–water partition coefficient (Wildman–Crippen LogP) is 2.02. The summed E-state index contributed by atoms with van der Waals surface area (Å²) in [7, 11) is 1.85. The van der Waals surface area contributed by atoms with E-state index in [0.717, 1.165) is 51.9 Å². The fourth-order valence-corrected chi connectivity index (χ4v) is 4.06. The van der Waals surface area contributed by atoms with Crippen LogP contribution in [0.4, 0.5) is 0 Å². The van der Waals surface area contributed by atoms with Crippen molar-refractivity contribution in [1.82, 2.24) is 20.4 Å². The van der Waals surface area contributed by atoms with Crippen LogP contribution in [0.2, 0.25) is 0 Å². The molecule has 0 spiro atoms. The first kappa shape index (κ1) is 21.1. The first-order chi connectivity index (χ1) is 13.8. The zero-order valence-corrected chi connectivity index (χ0v) is 17.6. The van der Waals surface area contributed by atoms with Gasteiger partial charge in [-0.15, -0.1) is 0 Å². The Bertz CT molecular complexity index is 591. The Labute approximate surface area is 170 Å². The maximum absolute atomic E-state index is 5.56. The number of piperidine rings is 1. The zero-order chi connectivity index (χ0) is 19.6. The van der Waals surface area contributed by atoms with Crippen molar-refractivity contribution >= 4 is 5.96 Å². The average molecular weight is 388 g/mol. The molecule has 2 aliphatic rings. The maximum Gasteiger partial charge on any atom is 0.191 e. The van der Waals surface area contributed by atoms with Crippen LogP contribution >= 0.6 is 0 Å². The second-order valence-corrected chi connectivity index (χ2v) is 7.86. The van der Waals surface area contributed by atoms with Crippen molar-refractivity contribution in [2.75, 3.05) is 66.1 Å². The Kier molecular flexibility index (Phi) is 8.58. The summed E-state index contributed by atoms with van der Waals surface area (Å²) in [6.45, 7) is 11.0. The third kappa shape index (κ3) is 6.47. The molecule has 2 fully saturated rings. The number of nitrogens with zero attached hydrogens (tertiary/aromatic N) is 3. The summed E-state index contributed by atoms with van der Waals surface area (Å²) in [5.41, 5.74) is 2.65. The van der Waals surface area contributed by atoms with E-state index in [9.17, 15) is 0 Å². The van der Waals surface area contributed by atoms with Gasteiger partial charge in [-0.25, -0.2) is 0 Å². The van der Waals surface area contributed by atoms with Gasteiger partial charge in [-0.3, -0.25) is 9.89 Å². The van der Waals surface area contributed by atoms with E-state index in [0.29, 0.717) is 6.04 Å². The van der Waals surface area contributed by atoms with Crippen molar-refractivity contribution in [2.45, 2.75) is 32.2 Å². The lowest BCUT2D eigenvalue weighted by Crippen LogP contribution is -2.47. The third-order valence-electron chi connectivity index (χ3n) is 5.80. The first-order valence-corrected chi connectivity index (χ1v) is 10.8. The highest BCUT2D eigenvalue weighted by atomic mass is 16.5. The van der Waals surface area contributed by atoms with Gasteiger partial charge in [-0.05, 0) is 38.4 Å². The van der Waals surface area contributed by atoms with Crippen LogP contribution in [0.5, 0.6) is 0 Å². The van der Waals surface area contributed by atoms with Crippen LogP contribution in [0.1, 0.15) is 36.4 Å². The quantitative estimate of drug-likeness (QED) is 0.554. The van der Waals surface area contributed by atoms with Crippen molar-refractivity contribution < 1.29 is 4.74 Å². The minimum Gasteiger partial charge on any atom is -0.379 e. The molecule has 6 nitrogen and oxygen atoms in total. The molecule has 0 bridgehead atoms. The van der Waals surface area contributed by atoms with Crippen LogP contribution in [0, 0.1) is 6.92 Å². The van der Waals surface area contributed by atoms with Gasteiger partial charge in [0.05, 0.1) is 19.3 Å². The van der Waals surface area contributed by atoms with Gasteiger partial charge in [-0.1, -0.05) is 36.2 Å². The van der Waals surface area contributed by atoms with E-state index in [1.165, 1.54) is 43.5 Å². The van der Waals surface area contributed by atoms with Gasteiger partial charge < -0.3 is 20.3 Å². The number of hydrogen-bond acceptors (Lipinski definition) is 4. The number of morpholine rings is 1. The number of likely N-dealkylation sites (tertiary alicyclic amines) is 1. The summed E-state index contributed by atoms with van der Waals surface area (Å²) in [6, 6.07) is 9.24. The Morgan fingerprint density at radius 2 is 1.75 bits per heavy atom. The zero-order valence-electron chi connectivity index (χ0n) is 17.6. The fraction of sp³-hybridized carbons (Fsp3) is 0.682. The summed E-state index contributed by atoms with van der Waals surface area (Å²) < 4.78 is 5.56. The molecular formula is C22H37N5O. The molecule has 156 valence electrons. The van der Waals surface area contributed by atoms with Crippen LogP contribution in [-0.4, -0.2) is 81.8 Å². The third-order valence-corrected chi connectivity index (χ3v) is 5.80. The molecule has 2 heterocycles. The predicted molar refractivity (Wildman–Crippen MR) is 116 cm³/mol. The highest BCUT2D eigenvalue weighted by Gasteiger charge is 2.23. The molecule has 0 saturated carbocycles. The molecule has 6 heteroatoms. The SMILES string of the molecule is CN=C(NCCN1CCCCC1)NCC(c1ccc(C)cc1)N1CCOCC1. The van der Waals surface area contributed by atoms with E-state index in [2.05, 4.69) is 56.6 Å². The number of nitrogens with one attached hydrogen (secondary N) is 2. The van der Waals surface area contributed by atoms with Crippen LogP contribution in [-0.2, 0) is 4.74 Å². The number of hydrogen-bond donors (Lipinski definition) is 2. The smallest absolute Gasteiger partial charge is 0.191 e. The summed E-state index contributed by atoms with van der Waals surface area (Å²) in [4.78, 5) is 9.49. The van der Waals surface area contributed by atoms with E-state index >= 15 is 0 Å². The summed E-state index contributed by atoms with van der Waals surface area (Å²) >= 11 is 0. The molecule has 2 N–H and O–H groups in total. The molecule has 1 unspecified atom stereocenters. The van der Waals surface area contributed by atoms with Crippen molar-refractivity contribution in [2.24, 2.45) is 4.99 Å². The van der Waals surface area contributed by atoms with Crippen LogP contribution in [0.3, 0.4) is 0 Å². The number of benzene rings is 1. The minimum absolute atomic E-state index is 0.324. The van der Waals surface area contributed by atoms with Gasteiger partial charge >= 0.3 is 0 Å². The Hall–Kier alpha value is -1.63. The molecule has 2 saturated heterocycles. The van der Waals surface area contributed by atoms with Gasteiger partial charge in [0.15, 0.2) is 5.96 Å². The number of aliphatic imine (C=N–C) groups is 1. The van der Waals surface area contributed by atoms with Gasteiger partial charge in [0.25, 0.3) is 0 Å². The van der Waals surface area contributed by atoms with Gasteiger partial charge in [0, 0.05) is 39.8 Å². The van der Waals surface area contributed by atoms with Crippen LogP contribution < -0.4 is 10.6 Å². The first-order valence-electron chi connectivity index (χ1n) is 10.8. The Morgan fingerprint density at radius 3 is 2.43 bits per heavy atom. The van der Waals surface area contributed by atoms with E-state index < -0.39 is 0 Å². The van der Waals surface area contributed by atoms with Crippen LogP contribution in [0.15, 0.2) is 29.3 Å². The second-order valence-electron chi connectivity index (χ2n) is 7.86. The highest BCUT2D eigenvalue weighted by molar-refractivity contribution is 5.79. The minimum atomic E-state index is 0.324. The Balaban J connectivity index is 1.52. The molecule has 0 amide bonds.